The van der Waals surface area contributed by atoms with Crippen molar-refractivity contribution in [2.75, 3.05) is 18.4 Å². The maximum absolute atomic E-state index is 13.6. The second kappa shape index (κ2) is 10.1. The number of para-hydroxylation sites is 1. The summed E-state index contributed by atoms with van der Waals surface area (Å²) in [5.41, 5.74) is 2.81. The Morgan fingerprint density at radius 1 is 0.914 bits per heavy atom. The fourth-order valence-corrected chi connectivity index (χ4v) is 4.37. The topological polar surface area (TPSA) is 80.1 Å². The molecule has 2 aromatic heterocycles. The molecule has 1 saturated heterocycles. The summed E-state index contributed by atoms with van der Waals surface area (Å²) in [5.74, 6) is 0.219. The van der Waals surface area contributed by atoms with Gasteiger partial charge in [-0.2, -0.15) is 5.10 Å². The molecule has 1 aliphatic rings. The molecule has 8 heteroatoms. The van der Waals surface area contributed by atoms with Crippen LogP contribution in [0, 0.1) is 5.92 Å². The number of anilines is 1. The first-order chi connectivity index (χ1) is 17.1. The maximum atomic E-state index is 13.6. The van der Waals surface area contributed by atoms with Gasteiger partial charge in [0.05, 0.1) is 11.3 Å². The number of aromatic nitrogens is 3. The smallest absolute Gasteiger partial charge is 0.257 e. The first-order valence-electron chi connectivity index (χ1n) is 11.5. The first kappa shape index (κ1) is 22.8. The van der Waals surface area contributed by atoms with Gasteiger partial charge in [-0.05, 0) is 49.2 Å². The van der Waals surface area contributed by atoms with Crippen LogP contribution in [0.5, 0.6) is 0 Å². The average molecular weight is 486 g/mol. The van der Waals surface area contributed by atoms with Crippen molar-refractivity contribution in [3.8, 4) is 16.9 Å². The Bertz CT molecular complexity index is 1310. The quantitative estimate of drug-likeness (QED) is 0.427. The van der Waals surface area contributed by atoms with E-state index in [4.69, 9.17) is 16.7 Å². The van der Waals surface area contributed by atoms with Crippen molar-refractivity contribution in [1.82, 2.24) is 19.7 Å². The van der Waals surface area contributed by atoms with Gasteiger partial charge in [0.1, 0.15) is 11.5 Å². The van der Waals surface area contributed by atoms with Gasteiger partial charge in [0.25, 0.3) is 5.91 Å². The van der Waals surface area contributed by atoms with E-state index >= 15 is 0 Å². The molecule has 2 aromatic carbocycles. The van der Waals surface area contributed by atoms with Crippen molar-refractivity contribution in [2.24, 2.45) is 5.92 Å². The molecule has 0 bridgehead atoms. The molecule has 0 aliphatic carbocycles. The number of nitrogens with zero attached hydrogens (tertiary/aromatic N) is 4. The van der Waals surface area contributed by atoms with Crippen molar-refractivity contribution in [3.05, 3.63) is 95.8 Å². The van der Waals surface area contributed by atoms with Gasteiger partial charge in [-0.15, -0.1) is 0 Å². The van der Waals surface area contributed by atoms with E-state index in [1.807, 2.05) is 48.5 Å². The minimum atomic E-state index is -0.163. The predicted octanol–water partition coefficient (Wildman–Crippen LogP) is 5.08. The molecular weight excluding hydrogens is 462 g/mol. The third-order valence-electron chi connectivity index (χ3n) is 6.15. The highest BCUT2D eigenvalue weighted by molar-refractivity contribution is 6.30. The van der Waals surface area contributed by atoms with Crippen LogP contribution in [0.2, 0.25) is 5.02 Å². The third-order valence-corrected chi connectivity index (χ3v) is 6.40. The fraction of sp³-hybridized carbons (Fsp3) is 0.185. The molecule has 5 rings (SSSR count). The van der Waals surface area contributed by atoms with Crippen LogP contribution >= 0.6 is 11.6 Å². The van der Waals surface area contributed by atoms with Crippen LogP contribution in [0.4, 0.5) is 5.82 Å². The lowest BCUT2D eigenvalue weighted by Crippen LogP contribution is -2.41. The lowest BCUT2D eigenvalue weighted by molar-refractivity contribution is -0.121. The molecule has 2 amide bonds. The number of halogens is 1. The van der Waals surface area contributed by atoms with Crippen molar-refractivity contribution in [2.45, 2.75) is 12.8 Å². The highest BCUT2D eigenvalue weighted by Crippen LogP contribution is 2.28. The van der Waals surface area contributed by atoms with Gasteiger partial charge in [-0.25, -0.2) is 9.67 Å². The number of carbonyl (C=O) groups is 2. The molecule has 0 radical (unpaired) electrons. The molecule has 0 saturated carbocycles. The Labute approximate surface area is 208 Å². The lowest BCUT2D eigenvalue weighted by Gasteiger charge is -2.31. The van der Waals surface area contributed by atoms with Gasteiger partial charge in [-0.3, -0.25) is 9.59 Å². The summed E-state index contributed by atoms with van der Waals surface area (Å²) in [5, 5.41) is 8.23. The molecule has 1 fully saturated rings. The number of benzene rings is 2. The number of rotatable bonds is 5. The Morgan fingerprint density at radius 3 is 2.31 bits per heavy atom. The summed E-state index contributed by atoms with van der Waals surface area (Å²) in [7, 11) is 0. The molecule has 35 heavy (non-hydrogen) atoms. The van der Waals surface area contributed by atoms with E-state index in [1.54, 1.807) is 46.2 Å². The van der Waals surface area contributed by atoms with E-state index in [0.717, 1.165) is 11.3 Å². The van der Waals surface area contributed by atoms with E-state index in [1.165, 1.54) is 0 Å². The zero-order valence-corrected chi connectivity index (χ0v) is 19.7. The molecule has 7 nitrogen and oxygen atoms in total. The summed E-state index contributed by atoms with van der Waals surface area (Å²) in [6, 6.07) is 22.4. The van der Waals surface area contributed by atoms with E-state index < -0.39 is 0 Å². The third kappa shape index (κ3) is 5.10. The minimum Gasteiger partial charge on any atom is -0.338 e. The first-order valence-corrected chi connectivity index (χ1v) is 11.9. The number of hydrogen-bond donors (Lipinski definition) is 1. The Morgan fingerprint density at radius 2 is 1.63 bits per heavy atom. The number of carbonyl (C=O) groups excluding carboxylic acids is 2. The second-order valence-electron chi connectivity index (χ2n) is 8.45. The van der Waals surface area contributed by atoms with Gasteiger partial charge in [0, 0.05) is 42.0 Å². The molecule has 0 spiro atoms. The summed E-state index contributed by atoms with van der Waals surface area (Å²) in [6.07, 6.45) is 4.60. The molecule has 1 N–H and O–H groups in total. The van der Waals surface area contributed by atoms with Crippen LogP contribution in [0.1, 0.15) is 23.2 Å². The number of pyridine rings is 1. The summed E-state index contributed by atoms with van der Waals surface area (Å²) in [6.45, 7) is 0.991. The SMILES string of the molecule is O=C(Nc1ccccn1)C1CCN(C(=O)c2cn(-c3ccccc3)nc2-c2ccc(Cl)cc2)CC1. The summed E-state index contributed by atoms with van der Waals surface area (Å²) >= 11 is 6.08. The molecule has 0 unspecified atom stereocenters. The number of amides is 2. The van der Waals surface area contributed by atoms with E-state index in [9.17, 15) is 9.59 Å². The number of nitrogens with one attached hydrogen (secondary N) is 1. The van der Waals surface area contributed by atoms with Gasteiger partial charge in [0.15, 0.2) is 0 Å². The van der Waals surface area contributed by atoms with Crippen molar-refractivity contribution in [3.63, 3.8) is 0 Å². The van der Waals surface area contributed by atoms with E-state index in [-0.39, 0.29) is 17.7 Å². The number of likely N-dealkylation sites (tertiary alicyclic amines) is 1. The Kier molecular flexibility index (Phi) is 6.59. The van der Waals surface area contributed by atoms with Crippen LogP contribution in [0.25, 0.3) is 16.9 Å². The molecular formula is C27H24ClN5O2. The molecule has 0 atom stereocenters. The number of piperidine rings is 1. The second-order valence-corrected chi connectivity index (χ2v) is 8.89. The Hall–Kier alpha value is -3.97. The number of hydrogen-bond acceptors (Lipinski definition) is 4. The normalized spacial score (nSPS) is 14.0. The van der Waals surface area contributed by atoms with Crippen LogP contribution in [0.3, 0.4) is 0 Å². The lowest BCUT2D eigenvalue weighted by atomic mass is 9.95. The van der Waals surface area contributed by atoms with Crippen LogP contribution in [0.15, 0.2) is 85.2 Å². The molecule has 4 aromatic rings. The average Bonchev–Trinajstić information content (AvgIpc) is 3.35. The maximum Gasteiger partial charge on any atom is 0.257 e. The zero-order chi connectivity index (χ0) is 24.2. The van der Waals surface area contributed by atoms with E-state index in [2.05, 4.69) is 10.3 Å². The highest BCUT2D eigenvalue weighted by Gasteiger charge is 2.30. The van der Waals surface area contributed by atoms with Gasteiger partial charge >= 0.3 is 0 Å². The van der Waals surface area contributed by atoms with Crippen molar-refractivity contribution >= 4 is 29.2 Å². The zero-order valence-electron chi connectivity index (χ0n) is 19.0. The molecule has 1 aliphatic heterocycles. The minimum absolute atomic E-state index is 0.0606. The van der Waals surface area contributed by atoms with Crippen LogP contribution < -0.4 is 5.32 Å². The summed E-state index contributed by atoms with van der Waals surface area (Å²) in [4.78, 5) is 32.2. The van der Waals surface area contributed by atoms with Gasteiger partial charge in [0.2, 0.25) is 5.91 Å². The van der Waals surface area contributed by atoms with Crippen LogP contribution in [-0.4, -0.2) is 44.6 Å². The molecule has 3 heterocycles. The highest BCUT2D eigenvalue weighted by atomic mass is 35.5. The largest absolute Gasteiger partial charge is 0.338 e. The predicted molar refractivity (Wildman–Crippen MR) is 136 cm³/mol. The standard InChI is InChI=1S/C27H24ClN5O2/c28-21-11-9-19(10-12-21)25-23(18-33(31-25)22-6-2-1-3-7-22)27(35)32-16-13-20(14-17-32)26(34)30-24-8-4-5-15-29-24/h1-12,15,18,20H,13-14,16-17H2,(H,29,30,34). The Balaban J connectivity index is 1.35. The van der Waals surface area contributed by atoms with Crippen LogP contribution in [-0.2, 0) is 4.79 Å². The van der Waals surface area contributed by atoms with Crippen molar-refractivity contribution < 1.29 is 9.59 Å². The van der Waals surface area contributed by atoms with Gasteiger partial charge in [-0.1, -0.05) is 48.0 Å². The van der Waals surface area contributed by atoms with Gasteiger partial charge < -0.3 is 10.2 Å². The van der Waals surface area contributed by atoms with Crippen molar-refractivity contribution in [1.29, 1.82) is 0 Å². The van der Waals surface area contributed by atoms with E-state index in [0.29, 0.717) is 48.0 Å². The summed E-state index contributed by atoms with van der Waals surface area (Å²) < 4.78 is 1.73. The fourth-order valence-electron chi connectivity index (χ4n) is 4.24. The monoisotopic (exact) mass is 485 g/mol. The molecule has 176 valence electrons.